The highest BCUT2D eigenvalue weighted by molar-refractivity contribution is 5.85. The molecule has 0 aromatic carbocycles. The zero-order valence-electron chi connectivity index (χ0n) is 11.6. The van der Waals surface area contributed by atoms with Gasteiger partial charge in [0.15, 0.2) is 0 Å². The first kappa shape index (κ1) is 13.7. The predicted octanol–water partition coefficient (Wildman–Crippen LogP) is 1.08. The number of aromatic nitrogens is 2. The largest absolute Gasteiger partial charge is 0.463 e. The molecule has 2 rings (SSSR count). The number of methoxy groups -OCH3 is 1. The van der Waals surface area contributed by atoms with Crippen LogP contribution < -0.4 is 5.32 Å². The van der Waals surface area contributed by atoms with Gasteiger partial charge in [-0.25, -0.2) is 14.8 Å². The summed E-state index contributed by atoms with van der Waals surface area (Å²) in [5, 5.41) is 3.37. The fourth-order valence-corrected chi connectivity index (χ4v) is 2.32. The minimum atomic E-state index is -0.507. The molecule has 104 valence electrons. The fraction of sp³-hybridized carbons (Fsp3) is 0.615. The normalized spacial score (nSPS) is 20.1. The number of hydrogen-bond acceptors (Lipinski definition) is 6. The second-order valence-corrected chi connectivity index (χ2v) is 4.96. The van der Waals surface area contributed by atoms with Crippen LogP contribution in [-0.2, 0) is 4.74 Å². The van der Waals surface area contributed by atoms with Crippen LogP contribution in [0.1, 0.15) is 29.2 Å². The van der Waals surface area contributed by atoms with Crippen LogP contribution in [0.5, 0.6) is 0 Å². The van der Waals surface area contributed by atoms with Gasteiger partial charge >= 0.3 is 5.97 Å². The van der Waals surface area contributed by atoms with Crippen LogP contribution in [0.15, 0.2) is 6.07 Å². The number of rotatable bonds is 3. The minimum Gasteiger partial charge on any atom is -0.463 e. The van der Waals surface area contributed by atoms with E-state index < -0.39 is 5.97 Å². The molecule has 0 bridgehead atoms. The van der Waals surface area contributed by atoms with Gasteiger partial charge in [0, 0.05) is 24.3 Å². The topological polar surface area (TPSA) is 67.3 Å². The van der Waals surface area contributed by atoms with Gasteiger partial charge in [-0.2, -0.15) is 0 Å². The summed E-state index contributed by atoms with van der Waals surface area (Å²) in [7, 11) is 3.44. The SMILES string of the molecule is COC(=O)c1nc(C)cc(NC2CCCN(C)C2)n1. The zero-order valence-corrected chi connectivity index (χ0v) is 11.6. The number of carbonyl (C=O) groups is 1. The number of likely N-dealkylation sites (N-methyl/N-ethyl adjacent to an activating group) is 1. The lowest BCUT2D eigenvalue weighted by atomic mass is 10.1. The lowest BCUT2D eigenvalue weighted by molar-refractivity contribution is 0.0586. The molecule has 6 nitrogen and oxygen atoms in total. The Morgan fingerprint density at radius 3 is 3.00 bits per heavy atom. The first-order valence-electron chi connectivity index (χ1n) is 6.47. The van der Waals surface area contributed by atoms with Gasteiger partial charge in [0.05, 0.1) is 7.11 Å². The molecule has 1 N–H and O–H groups in total. The molecular formula is C13H20N4O2. The molecule has 1 fully saturated rings. The van der Waals surface area contributed by atoms with E-state index in [0.29, 0.717) is 11.9 Å². The van der Waals surface area contributed by atoms with Gasteiger partial charge in [0.25, 0.3) is 0 Å². The van der Waals surface area contributed by atoms with Gasteiger partial charge < -0.3 is 15.0 Å². The van der Waals surface area contributed by atoms with E-state index in [4.69, 9.17) is 0 Å². The first-order valence-corrected chi connectivity index (χ1v) is 6.47. The lowest BCUT2D eigenvalue weighted by Gasteiger charge is -2.30. The highest BCUT2D eigenvalue weighted by atomic mass is 16.5. The number of aryl methyl sites for hydroxylation is 1. The van der Waals surface area contributed by atoms with Crippen molar-refractivity contribution in [2.24, 2.45) is 0 Å². The molecule has 1 atom stereocenters. The van der Waals surface area contributed by atoms with Crippen molar-refractivity contribution in [3.63, 3.8) is 0 Å². The summed E-state index contributed by atoms with van der Waals surface area (Å²) in [6, 6.07) is 2.21. The van der Waals surface area contributed by atoms with E-state index in [2.05, 4.69) is 32.0 Å². The summed E-state index contributed by atoms with van der Waals surface area (Å²) in [4.78, 5) is 22.1. The molecule has 1 aromatic rings. The van der Waals surface area contributed by atoms with Crippen LogP contribution in [0.3, 0.4) is 0 Å². The van der Waals surface area contributed by atoms with Crippen molar-refractivity contribution in [1.82, 2.24) is 14.9 Å². The Morgan fingerprint density at radius 2 is 2.32 bits per heavy atom. The van der Waals surface area contributed by atoms with Crippen LogP contribution in [0, 0.1) is 6.92 Å². The second kappa shape index (κ2) is 5.97. The number of esters is 1. The first-order chi connectivity index (χ1) is 9.08. The number of nitrogens with zero attached hydrogens (tertiary/aromatic N) is 3. The maximum absolute atomic E-state index is 11.5. The number of anilines is 1. The summed E-state index contributed by atoms with van der Waals surface area (Å²) < 4.78 is 4.65. The van der Waals surface area contributed by atoms with Crippen LogP contribution in [-0.4, -0.2) is 54.1 Å². The molecule has 2 heterocycles. The van der Waals surface area contributed by atoms with Gasteiger partial charge in [-0.05, 0) is 33.4 Å². The fourth-order valence-electron chi connectivity index (χ4n) is 2.32. The summed E-state index contributed by atoms with van der Waals surface area (Å²) in [5.41, 5.74) is 0.752. The van der Waals surface area contributed by atoms with Crippen LogP contribution in [0.2, 0.25) is 0 Å². The van der Waals surface area contributed by atoms with Crippen molar-refractivity contribution in [3.8, 4) is 0 Å². The number of nitrogens with one attached hydrogen (secondary N) is 1. The third kappa shape index (κ3) is 3.64. The standard InChI is InChI=1S/C13H20N4O2/c1-9-7-11(16-12(14-9)13(18)19-3)15-10-5-4-6-17(2)8-10/h7,10H,4-6,8H2,1-3H3,(H,14,15,16). The highest BCUT2D eigenvalue weighted by Crippen LogP contribution is 2.14. The Balaban J connectivity index is 2.11. The van der Waals surface area contributed by atoms with Gasteiger partial charge in [-0.3, -0.25) is 0 Å². The zero-order chi connectivity index (χ0) is 13.8. The predicted molar refractivity (Wildman–Crippen MR) is 72.3 cm³/mol. The summed E-state index contributed by atoms with van der Waals surface area (Å²) in [6.07, 6.45) is 2.28. The summed E-state index contributed by atoms with van der Waals surface area (Å²) in [6.45, 7) is 3.96. The van der Waals surface area contributed by atoms with Crippen molar-refractivity contribution in [1.29, 1.82) is 0 Å². The molecule has 0 aliphatic carbocycles. The molecule has 1 aliphatic rings. The average molecular weight is 264 g/mol. The number of carbonyl (C=O) groups excluding carboxylic acids is 1. The third-order valence-corrected chi connectivity index (χ3v) is 3.20. The van der Waals surface area contributed by atoms with Crippen molar-refractivity contribution >= 4 is 11.8 Å². The molecule has 0 spiro atoms. The Labute approximate surface area is 113 Å². The molecular weight excluding hydrogens is 244 g/mol. The van der Waals surface area contributed by atoms with E-state index in [1.54, 1.807) is 0 Å². The maximum atomic E-state index is 11.5. The van der Waals surface area contributed by atoms with Gasteiger partial charge in [0.2, 0.25) is 5.82 Å². The Kier molecular flexibility index (Phi) is 4.31. The number of hydrogen-bond donors (Lipinski definition) is 1. The average Bonchev–Trinajstić information content (AvgIpc) is 2.37. The Hall–Kier alpha value is -1.69. The molecule has 1 unspecified atom stereocenters. The van der Waals surface area contributed by atoms with E-state index in [-0.39, 0.29) is 5.82 Å². The lowest BCUT2D eigenvalue weighted by Crippen LogP contribution is -2.40. The Morgan fingerprint density at radius 1 is 1.53 bits per heavy atom. The van der Waals surface area contributed by atoms with E-state index in [1.807, 2.05) is 13.0 Å². The minimum absolute atomic E-state index is 0.106. The maximum Gasteiger partial charge on any atom is 0.376 e. The van der Waals surface area contributed by atoms with Crippen molar-refractivity contribution in [2.75, 3.05) is 32.6 Å². The molecule has 1 saturated heterocycles. The highest BCUT2D eigenvalue weighted by Gasteiger charge is 2.18. The van der Waals surface area contributed by atoms with E-state index in [0.717, 1.165) is 25.2 Å². The number of piperidine rings is 1. The summed E-state index contributed by atoms with van der Waals surface area (Å²) >= 11 is 0. The van der Waals surface area contributed by atoms with Crippen molar-refractivity contribution in [2.45, 2.75) is 25.8 Å². The van der Waals surface area contributed by atoms with Crippen molar-refractivity contribution < 1.29 is 9.53 Å². The molecule has 0 amide bonds. The molecule has 0 saturated carbocycles. The molecule has 1 aliphatic heterocycles. The third-order valence-electron chi connectivity index (χ3n) is 3.20. The molecule has 19 heavy (non-hydrogen) atoms. The smallest absolute Gasteiger partial charge is 0.376 e. The molecule has 0 radical (unpaired) electrons. The van der Waals surface area contributed by atoms with Gasteiger partial charge in [-0.1, -0.05) is 0 Å². The Bertz CT molecular complexity index is 464. The molecule has 6 heteroatoms. The van der Waals surface area contributed by atoms with Crippen LogP contribution in [0.4, 0.5) is 5.82 Å². The second-order valence-electron chi connectivity index (χ2n) is 4.96. The van der Waals surface area contributed by atoms with Gasteiger partial charge in [-0.15, -0.1) is 0 Å². The van der Waals surface area contributed by atoms with Crippen LogP contribution >= 0.6 is 0 Å². The van der Waals surface area contributed by atoms with E-state index in [9.17, 15) is 4.79 Å². The van der Waals surface area contributed by atoms with Crippen molar-refractivity contribution in [3.05, 3.63) is 17.6 Å². The molecule has 1 aromatic heterocycles. The number of ether oxygens (including phenoxy) is 1. The van der Waals surface area contributed by atoms with Crippen LogP contribution in [0.25, 0.3) is 0 Å². The van der Waals surface area contributed by atoms with Gasteiger partial charge in [0.1, 0.15) is 5.82 Å². The van der Waals surface area contributed by atoms with E-state index >= 15 is 0 Å². The monoisotopic (exact) mass is 264 g/mol. The van der Waals surface area contributed by atoms with E-state index in [1.165, 1.54) is 13.5 Å². The summed E-state index contributed by atoms with van der Waals surface area (Å²) in [5.74, 6) is 0.287. The number of likely N-dealkylation sites (tertiary alicyclic amines) is 1. The quantitative estimate of drug-likeness (QED) is 0.824.